The van der Waals surface area contributed by atoms with Gasteiger partial charge in [0.2, 0.25) is 0 Å². The summed E-state index contributed by atoms with van der Waals surface area (Å²) in [5.74, 6) is 2.72. The van der Waals surface area contributed by atoms with Crippen LogP contribution in [0.2, 0.25) is 0 Å². The molecule has 0 aliphatic carbocycles. The van der Waals surface area contributed by atoms with Gasteiger partial charge in [0.1, 0.15) is 0 Å². The summed E-state index contributed by atoms with van der Waals surface area (Å²) in [6, 6.07) is 0. The maximum absolute atomic E-state index is 2.42. The standard InChI is InChI=1S/C13H28/c1-6-8-9-10-13(7-2)12(5)11(3)4/h11-13H,6-10H2,1-5H3. The average Bonchev–Trinajstić information content (AvgIpc) is 2.11. The van der Waals surface area contributed by atoms with E-state index in [0.29, 0.717) is 0 Å². The SMILES string of the molecule is CCCCCC(CC)C(C)C(C)C. The fraction of sp³-hybridized carbons (Fsp3) is 1.00. The molecule has 0 radical (unpaired) electrons. The summed E-state index contributed by atoms with van der Waals surface area (Å²) in [6.45, 7) is 11.8. The molecule has 0 aliphatic rings. The normalized spacial score (nSPS) is 16.2. The number of unbranched alkanes of at least 4 members (excludes halogenated alkanes) is 2. The predicted molar refractivity (Wildman–Crippen MR) is 61.9 cm³/mol. The molecular formula is C13H28. The predicted octanol–water partition coefficient (Wildman–Crippen LogP) is 4.89. The van der Waals surface area contributed by atoms with Crippen molar-refractivity contribution in [1.82, 2.24) is 0 Å². The van der Waals surface area contributed by atoms with E-state index in [0.717, 1.165) is 17.8 Å². The lowest BCUT2D eigenvalue weighted by molar-refractivity contribution is 0.249. The van der Waals surface area contributed by atoms with E-state index < -0.39 is 0 Å². The summed E-state index contributed by atoms with van der Waals surface area (Å²) in [5.41, 5.74) is 0. The fourth-order valence-electron chi connectivity index (χ4n) is 2.04. The molecule has 0 bridgehead atoms. The molecule has 0 fully saturated rings. The zero-order valence-electron chi connectivity index (χ0n) is 10.3. The molecule has 0 heterocycles. The summed E-state index contributed by atoms with van der Waals surface area (Å²) in [7, 11) is 0. The Labute approximate surface area is 85.1 Å². The van der Waals surface area contributed by atoms with Crippen LogP contribution in [0, 0.1) is 17.8 Å². The van der Waals surface area contributed by atoms with E-state index in [1.165, 1.54) is 32.1 Å². The van der Waals surface area contributed by atoms with Crippen molar-refractivity contribution in [3.8, 4) is 0 Å². The van der Waals surface area contributed by atoms with Gasteiger partial charge in [0, 0.05) is 0 Å². The third kappa shape index (κ3) is 5.33. The minimum Gasteiger partial charge on any atom is -0.0654 e. The van der Waals surface area contributed by atoms with E-state index in [9.17, 15) is 0 Å². The van der Waals surface area contributed by atoms with Crippen LogP contribution in [0.4, 0.5) is 0 Å². The highest BCUT2D eigenvalue weighted by Crippen LogP contribution is 2.27. The molecule has 0 heteroatoms. The summed E-state index contributed by atoms with van der Waals surface area (Å²) in [6.07, 6.45) is 7.02. The van der Waals surface area contributed by atoms with Gasteiger partial charge >= 0.3 is 0 Å². The van der Waals surface area contributed by atoms with Crippen molar-refractivity contribution < 1.29 is 0 Å². The Morgan fingerprint density at radius 1 is 0.923 bits per heavy atom. The lowest BCUT2D eigenvalue weighted by Gasteiger charge is -2.25. The molecule has 0 amide bonds. The topological polar surface area (TPSA) is 0 Å². The fourth-order valence-corrected chi connectivity index (χ4v) is 2.04. The third-order valence-corrected chi connectivity index (χ3v) is 3.50. The Morgan fingerprint density at radius 3 is 1.92 bits per heavy atom. The molecule has 0 aromatic carbocycles. The molecule has 13 heavy (non-hydrogen) atoms. The second-order valence-corrected chi connectivity index (χ2v) is 4.77. The van der Waals surface area contributed by atoms with E-state index in [1.807, 2.05) is 0 Å². The molecule has 2 atom stereocenters. The first-order chi connectivity index (χ1) is 6.13. The Bertz CT molecular complexity index is 105. The van der Waals surface area contributed by atoms with Crippen molar-refractivity contribution in [3.05, 3.63) is 0 Å². The first-order valence-electron chi connectivity index (χ1n) is 6.13. The molecule has 0 N–H and O–H groups in total. The summed E-state index contributed by atoms with van der Waals surface area (Å²) in [5, 5.41) is 0. The van der Waals surface area contributed by atoms with Crippen LogP contribution in [0.5, 0.6) is 0 Å². The molecule has 0 spiro atoms. The molecule has 0 nitrogen and oxygen atoms in total. The van der Waals surface area contributed by atoms with Crippen molar-refractivity contribution in [2.24, 2.45) is 17.8 Å². The smallest absolute Gasteiger partial charge is 0.0389 e. The van der Waals surface area contributed by atoms with Crippen molar-refractivity contribution in [2.75, 3.05) is 0 Å². The molecule has 0 saturated heterocycles. The molecule has 0 aromatic heterocycles. The van der Waals surface area contributed by atoms with Crippen LogP contribution in [-0.4, -0.2) is 0 Å². The third-order valence-electron chi connectivity index (χ3n) is 3.50. The molecule has 0 aliphatic heterocycles. The summed E-state index contributed by atoms with van der Waals surface area (Å²) < 4.78 is 0. The maximum atomic E-state index is 2.42. The Morgan fingerprint density at radius 2 is 1.54 bits per heavy atom. The van der Waals surface area contributed by atoms with Crippen molar-refractivity contribution in [3.63, 3.8) is 0 Å². The maximum Gasteiger partial charge on any atom is -0.0389 e. The van der Waals surface area contributed by atoms with Gasteiger partial charge in [-0.15, -0.1) is 0 Å². The van der Waals surface area contributed by atoms with Gasteiger partial charge in [-0.2, -0.15) is 0 Å². The Hall–Kier alpha value is 0. The van der Waals surface area contributed by atoms with E-state index in [4.69, 9.17) is 0 Å². The van der Waals surface area contributed by atoms with Gasteiger partial charge in [-0.25, -0.2) is 0 Å². The van der Waals surface area contributed by atoms with Gasteiger partial charge in [0.25, 0.3) is 0 Å². The summed E-state index contributed by atoms with van der Waals surface area (Å²) >= 11 is 0. The van der Waals surface area contributed by atoms with Gasteiger partial charge in [-0.3, -0.25) is 0 Å². The van der Waals surface area contributed by atoms with E-state index in [1.54, 1.807) is 0 Å². The van der Waals surface area contributed by atoms with Crippen LogP contribution in [0.15, 0.2) is 0 Å². The second kappa shape index (κ2) is 7.41. The highest BCUT2D eigenvalue weighted by Gasteiger charge is 2.17. The zero-order valence-corrected chi connectivity index (χ0v) is 10.3. The van der Waals surface area contributed by atoms with E-state index in [2.05, 4.69) is 34.6 Å². The average molecular weight is 184 g/mol. The van der Waals surface area contributed by atoms with Gasteiger partial charge in [0.05, 0.1) is 0 Å². The highest BCUT2D eigenvalue weighted by atomic mass is 14.2. The Kier molecular flexibility index (Phi) is 7.41. The van der Waals surface area contributed by atoms with Crippen molar-refractivity contribution in [2.45, 2.75) is 66.7 Å². The quantitative estimate of drug-likeness (QED) is 0.494. The van der Waals surface area contributed by atoms with Gasteiger partial charge in [-0.1, -0.05) is 66.7 Å². The Balaban J connectivity index is 3.73. The number of hydrogen-bond acceptors (Lipinski definition) is 0. The van der Waals surface area contributed by atoms with Crippen LogP contribution >= 0.6 is 0 Å². The van der Waals surface area contributed by atoms with Gasteiger partial charge in [0.15, 0.2) is 0 Å². The molecule has 80 valence electrons. The van der Waals surface area contributed by atoms with Crippen LogP contribution in [0.25, 0.3) is 0 Å². The molecule has 2 unspecified atom stereocenters. The number of hydrogen-bond donors (Lipinski definition) is 0. The van der Waals surface area contributed by atoms with Crippen LogP contribution in [0.3, 0.4) is 0 Å². The highest BCUT2D eigenvalue weighted by molar-refractivity contribution is 4.68. The van der Waals surface area contributed by atoms with Crippen molar-refractivity contribution in [1.29, 1.82) is 0 Å². The van der Waals surface area contributed by atoms with E-state index in [-0.39, 0.29) is 0 Å². The molecule has 0 saturated carbocycles. The molecule has 0 aromatic rings. The number of rotatable bonds is 7. The van der Waals surface area contributed by atoms with Crippen LogP contribution in [0.1, 0.15) is 66.7 Å². The zero-order chi connectivity index (χ0) is 10.3. The van der Waals surface area contributed by atoms with Crippen LogP contribution in [-0.2, 0) is 0 Å². The van der Waals surface area contributed by atoms with E-state index >= 15 is 0 Å². The monoisotopic (exact) mass is 184 g/mol. The largest absolute Gasteiger partial charge is 0.0654 e. The lowest BCUT2D eigenvalue weighted by atomic mass is 9.80. The minimum atomic E-state index is 0.853. The second-order valence-electron chi connectivity index (χ2n) is 4.77. The minimum absolute atomic E-state index is 0.853. The van der Waals surface area contributed by atoms with Crippen LogP contribution < -0.4 is 0 Å². The first kappa shape index (κ1) is 13.0. The van der Waals surface area contributed by atoms with Crippen molar-refractivity contribution >= 4 is 0 Å². The first-order valence-corrected chi connectivity index (χ1v) is 6.13. The summed E-state index contributed by atoms with van der Waals surface area (Å²) in [4.78, 5) is 0. The molecule has 0 rings (SSSR count). The lowest BCUT2D eigenvalue weighted by Crippen LogP contribution is -2.16. The molecular weight excluding hydrogens is 156 g/mol. The van der Waals surface area contributed by atoms with Gasteiger partial charge < -0.3 is 0 Å². The van der Waals surface area contributed by atoms with Gasteiger partial charge in [-0.05, 0) is 17.8 Å².